The fraction of sp³-hybridized carbons (Fsp3) is 0.429. The highest BCUT2D eigenvalue weighted by Crippen LogP contribution is 2.55. The summed E-state index contributed by atoms with van der Waals surface area (Å²) in [6, 6.07) is 9.36. The molecule has 5 nitrogen and oxygen atoms in total. The number of piperidine rings is 1. The van der Waals surface area contributed by atoms with Crippen LogP contribution in [0.5, 0.6) is 0 Å². The molecule has 1 amide bonds. The first kappa shape index (κ1) is 12.0. The molecule has 100 valence electrons. The second kappa shape index (κ2) is 4.26. The fourth-order valence-electron chi connectivity index (χ4n) is 2.90. The number of benzene rings is 1. The van der Waals surface area contributed by atoms with Crippen LogP contribution in [0.1, 0.15) is 18.4 Å². The van der Waals surface area contributed by atoms with Crippen molar-refractivity contribution in [3.05, 3.63) is 35.9 Å². The molecular weight excluding hydrogens is 246 g/mol. The first-order valence-corrected chi connectivity index (χ1v) is 6.36. The molecule has 2 atom stereocenters. The summed E-state index contributed by atoms with van der Waals surface area (Å²) in [4.78, 5) is 24.7. The molecule has 1 aromatic rings. The van der Waals surface area contributed by atoms with E-state index in [1.165, 1.54) is 4.90 Å². The Morgan fingerprint density at radius 1 is 1.37 bits per heavy atom. The summed E-state index contributed by atoms with van der Waals surface area (Å²) in [5.74, 6) is -0.805. The third-order valence-corrected chi connectivity index (χ3v) is 4.05. The summed E-state index contributed by atoms with van der Waals surface area (Å²) in [7, 11) is 0. The van der Waals surface area contributed by atoms with Crippen LogP contribution in [0.2, 0.25) is 0 Å². The minimum atomic E-state index is -0.978. The van der Waals surface area contributed by atoms with Crippen molar-refractivity contribution < 1.29 is 19.4 Å². The Labute approximate surface area is 110 Å². The molecule has 2 fully saturated rings. The predicted octanol–water partition coefficient (Wildman–Crippen LogP) is 1.87. The number of carbonyl (C=O) groups is 2. The molecular formula is C14H15NO4. The molecule has 0 spiro atoms. The summed E-state index contributed by atoms with van der Waals surface area (Å²) in [6.07, 6.45) is 0.793. The molecule has 0 bridgehead atoms. The van der Waals surface area contributed by atoms with E-state index in [1.54, 1.807) is 0 Å². The Bertz CT molecular complexity index is 515. The lowest BCUT2D eigenvalue weighted by atomic mass is 10.2. The minimum absolute atomic E-state index is 0.106. The second-order valence-electron chi connectivity index (χ2n) is 5.11. The highest BCUT2D eigenvalue weighted by Gasteiger charge is 2.69. The van der Waals surface area contributed by atoms with Crippen molar-refractivity contribution in [2.45, 2.75) is 25.0 Å². The van der Waals surface area contributed by atoms with Crippen molar-refractivity contribution >= 4 is 12.1 Å². The Morgan fingerprint density at radius 2 is 2.11 bits per heavy atom. The lowest BCUT2D eigenvalue weighted by Crippen LogP contribution is -2.45. The molecule has 1 saturated heterocycles. The molecule has 0 aromatic heterocycles. The first-order chi connectivity index (χ1) is 9.14. The van der Waals surface area contributed by atoms with Crippen LogP contribution in [0, 0.1) is 5.92 Å². The lowest BCUT2D eigenvalue weighted by molar-refractivity contribution is -0.144. The fourth-order valence-corrected chi connectivity index (χ4v) is 2.90. The summed E-state index contributed by atoms with van der Waals surface area (Å²) in [6.45, 7) is 0.654. The van der Waals surface area contributed by atoms with E-state index in [9.17, 15) is 14.7 Å². The molecule has 0 unspecified atom stereocenters. The molecule has 0 radical (unpaired) electrons. The van der Waals surface area contributed by atoms with E-state index >= 15 is 0 Å². The van der Waals surface area contributed by atoms with Crippen LogP contribution in [0.15, 0.2) is 30.3 Å². The summed E-state index contributed by atoms with van der Waals surface area (Å²) in [5.41, 5.74) is -0.0832. The van der Waals surface area contributed by atoms with E-state index in [0.717, 1.165) is 12.0 Å². The van der Waals surface area contributed by atoms with Gasteiger partial charge in [0.05, 0.1) is 0 Å². The number of carbonyl (C=O) groups excluding carboxylic acids is 1. The number of ether oxygens (including phenoxy) is 1. The van der Waals surface area contributed by atoms with Crippen molar-refractivity contribution in [2.75, 3.05) is 6.54 Å². The average Bonchev–Trinajstić information content (AvgIpc) is 3.04. The number of hydrogen-bond donors (Lipinski definition) is 1. The van der Waals surface area contributed by atoms with Gasteiger partial charge in [0, 0.05) is 6.54 Å². The normalized spacial score (nSPS) is 27.8. The van der Waals surface area contributed by atoms with Crippen molar-refractivity contribution in [2.24, 2.45) is 5.92 Å². The smallest absolute Gasteiger partial charge is 0.411 e. The van der Waals surface area contributed by atoms with Gasteiger partial charge in [0.1, 0.15) is 12.1 Å². The van der Waals surface area contributed by atoms with Gasteiger partial charge in [0.25, 0.3) is 0 Å². The van der Waals surface area contributed by atoms with E-state index < -0.39 is 17.6 Å². The monoisotopic (exact) mass is 261 g/mol. The quantitative estimate of drug-likeness (QED) is 0.902. The van der Waals surface area contributed by atoms with Gasteiger partial charge in [-0.1, -0.05) is 30.3 Å². The zero-order valence-corrected chi connectivity index (χ0v) is 10.4. The largest absolute Gasteiger partial charge is 0.479 e. The minimum Gasteiger partial charge on any atom is -0.479 e. The van der Waals surface area contributed by atoms with Crippen LogP contribution in [0.3, 0.4) is 0 Å². The van der Waals surface area contributed by atoms with E-state index in [1.807, 2.05) is 30.3 Å². The third-order valence-electron chi connectivity index (χ3n) is 4.05. The van der Waals surface area contributed by atoms with Crippen molar-refractivity contribution in [1.29, 1.82) is 0 Å². The maximum atomic E-state index is 12.0. The molecule has 2 aliphatic rings. The number of rotatable bonds is 3. The second-order valence-corrected chi connectivity index (χ2v) is 5.11. The number of nitrogens with zero attached hydrogens (tertiary/aromatic N) is 1. The SMILES string of the molecule is O=C(OCc1ccccc1)N1CC[C@@H]2C[C@@]21C(=O)O. The lowest BCUT2D eigenvalue weighted by Gasteiger charge is -2.24. The Morgan fingerprint density at radius 3 is 2.74 bits per heavy atom. The zero-order valence-electron chi connectivity index (χ0n) is 10.4. The Kier molecular flexibility index (Phi) is 2.69. The molecule has 1 saturated carbocycles. The number of carboxylic acids is 1. The van der Waals surface area contributed by atoms with Gasteiger partial charge in [0.15, 0.2) is 0 Å². The highest BCUT2D eigenvalue weighted by atomic mass is 16.6. The summed E-state index contributed by atoms with van der Waals surface area (Å²) >= 11 is 0. The van der Waals surface area contributed by atoms with Crippen LogP contribution < -0.4 is 0 Å². The first-order valence-electron chi connectivity index (χ1n) is 6.36. The Balaban J connectivity index is 1.64. The topological polar surface area (TPSA) is 66.8 Å². The molecule has 1 N–H and O–H groups in total. The molecule has 1 aliphatic heterocycles. The standard InChI is InChI=1S/C14H15NO4/c16-12(17)14-8-11(14)6-7-15(14)13(18)19-9-10-4-2-1-3-5-10/h1-5,11H,6-9H2,(H,16,17)/t11-,14+/m1/s1. The molecule has 19 heavy (non-hydrogen) atoms. The molecule has 1 aliphatic carbocycles. The van der Waals surface area contributed by atoms with Gasteiger partial charge in [-0.2, -0.15) is 0 Å². The van der Waals surface area contributed by atoms with Crippen LogP contribution >= 0.6 is 0 Å². The number of fused-ring (bicyclic) bond motifs is 1. The van der Waals surface area contributed by atoms with Gasteiger partial charge in [0.2, 0.25) is 0 Å². The molecule has 1 aromatic carbocycles. The van der Waals surface area contributed by atoms with Crippen LogP contribution in [-0.4, -0.2) is 34.2 Å². The number of likely N-dealkylation sites (tertiary alicyclic amines) is 1. The number of aliphatic carboxylic acids is 1. The maximum Gasteiger partial charge on any atom is 0.411 e. The summed E-state index contributed by atoms with van der Waals surface area (Å²) < 4.78 is 5.21. The van der Waals surface area contributed by atoms with Crippen molar-refractivity contribution in [3.63, 3.8) is 0 Å². The van der Waals surface area contributed by atoms with Gasteiger partial charge in [-0.25, -0.2) is 9.59 Å². The van der Waals surface area contributed by atoms with Gasteiger partial charge >= 0.3 is 12.1 Å². The predicted molar refractivity (Wildman–Crippen MR) is 66.4 cm³/mol. The van der Waals surface area contributed by atoms with E-state index in [-0.39, 0.29) is 12.5 Å². The third kappa shape index (κ3) is 1.85. The van der Waals surface area contributed by atoms with Crippen molar-refractivity contribution in [1.82, 2.24) is 4.90 Å². The van der Waals surface area contributed by atoms with Crippen LogP contribution in [-0.2, 0) is 16.1 Å². The molecule has 1 heterocycles. The van der Waals surface area contributed by atoms with E-state index in [2.05, 4.69) is 0 Å². The number of hydrogen-bond acceptors (Lipinski definition) is 3. The van der Waals surface area contributed by atoms with E-state index in [0.29, 0.717) is 13.0 Å². The number of carboxylic acid groups (broad SMARTS) is 1. The van der Waals surface area contributed by atoms with Gasteiger partial charge in [-0.05, 0) is 24.3 Å². The van der Waals surface area contributed by atoms with Gasteiger partial charge in [-0.15, -0.1) is 0 Å². The molecule has 3 rings (SSSR count). The van der Waals surface area contributed by atoms with Crippen LogP contribution in [0.25, 0.3) is 0 Å². The van der Waals surface area contributed by atoms with Gasteiger partial charge < -0.3 is 9.84 Å². The zero-order chi connectivity index (χ0) is 13.5. The Hall–Kier alpha value is -2.04. The summed E-state index contributed by atoms with van der Waals surface area (Å²) in [5, 5.41) is 9.27. The number of amides is 1. The van der Waals surface area contributed by atoms with E-state index in [4.69, 9.17) is 4.74 Å². The van der Waals surface area contributed by atoms with Crippen LogP contribution in [0.4, 0.5) is 4.79 Å². The van der Waals surface area contributed by atoms with Gasteiger partial charge in [-0.3, -0.25) is 4.90 Å². The average molecular weight is 261 g/mol. The van der Waals surface area contributed by atoms with Crippen molar-refractivity contribution in [3.8, 4) is 0 Å². The molecule has 5 heteroatoms. The highest BCUT2D eigenvalue weighted by molar-refractivity contribution is 5.89. The maximum absolute atomic E-state index is 12.0.